The fourth-order valence-electron chi connectivity index (χ4n) is 2.38. The molecule has 121 valence electrons. The molecule has 1 radical (unpaired) electrons. The highest BCUT2D eigenvalue weighted by atomic mass is 27.2. The van der Waals surface area contributed by atoms with E-state index in [1.165, 1.54) is 12.1 Å². The van der Waals surface area contributed by atoms with Gasteiger partial charge in [-0.3, -0.25) is 0 Å². The molecule has 0 fully saturated rings. The average Bonchev–Trinajstić information content (AvgIpc) is 3.08. The van der Waals surface area contributed by atoms with Gasteiger partial charge in [-0.05, 0) is 48.5 Å². The summed E-state index contributed by atoms with van der Waals surface area (Å²) in [7, 11) is 0. The topological polar surface area (TPSA) is 44.5 Å². The molecule has 1 heterocycles. The van der Waals surface area contributed by atoms with Crippen LogP contribution in [0, 0.1) is 5.82 Å². The molecule has 0 N–H and O–H groups in total. The minimum absolute atomic E-state index is 0.301. The first-order chi connectivity index (χ1) is 12.3. The number of benzene rings is 3. The third-order valence-corrected chi connectivity index (χ3v) is 4.30. The van der Waals surface area contributed by atoms with E-state index in [4.69, 9.17) is 12.0 Å². The largest absolute Gasteiger partial charge is 0.881 e. The molecule has 4 aromatic rings. The van der Waals surface area contributed by atoms with Crippen molar-refractivity contribution in [1.82, 2.24) is 4.98 Å². The Labute approximate surface area is 150 Å². The lowest BCUT2D eigenvalue weighted by Gasteiger charge is -2.10. The van der Waals surface area contributed by atoms with Gasteiger partial charge in [0.1, 0.15) is 11.3 Å². The molecule has 6 heteroatoms. The molecular weight excluding hydrogens is 336 g/mol. The Balaban J connectivity index is 1.53. The second-order valence-corrected chi connectivity index (χ2v) is 5.93. The lowest BCUT2D eigenvalue weighted by molar-refractivity contribution is 0.457. The second-order valence-electron chi connectivity index (χ2n) is 5.27. The van der Waals surface area contributed by atoms with Gasteiger partial charge in [0.15, 0.2) is 5.58 Å². The van der Waals surface area contributed by atoms with Gasteiger partial charge in [-0.2, -0.15) is 0 Å². The number of nitrogens with zero attached hydrogens (tertiary/aromatic N) is 1. The van der Waals surface area contributed by atoms with E-state index in [1.54, 1.807) is 12.1 Å². The minimum atomic E-state index is -0.811. The number of aromatic nitrogens is 1. The maximum Gasteiger partial charge on any atom is 0.881 e. The van der Waals surface area contributed by atoms with Gasteiger partial charge >= 0.3 is 15.9 Å². The predicted molar refractivity (Wildman–Crippen MR) is 92.9 cm³/mol. The van der Waals surface area contributed by atoms with Crippen molar-refractivity contribution >= 4 is 27.0 Å². The molecule has 0 aliphatic carbocycles. The number of hydrogen-bond donors (Lipinski definition) is 0. The summed E-state index contributed by atoms with van der Waals surface area (Å²) in [5.41, 5.74) is 2.28. The van der Waals surface area contributed by atoms with Crippen LogP contribution in [0.15, 0.2) is 77.2 Å². The molecular formula is C19H12AlFNO3. The van der Waals surface area contributed by atoms with E-state index in [2.05, 4.69) is 4.98 Å². The Hall–Kier alpha value is -2.81. The van der Waals surface area contributed by atoms with Crippen molar-refractivity contribution in [2.75, 3.05) is 0 Å². The molecule has 0 saturated carbocycles. The van der Waals surface area contributed by atoms with Crippen LogP contribution in [0.3, 0.4) is 0 Å². The van der Waals surface area contributed by atoms with Gasteiger partial charge in [-0.1, -0.05) is 24.3 Å². The van der Waals surface area contributed by atoms with Gasteiger partial charge in [0, 0.05) is 0 Å². The molecule has 25 heavy (non-hydrogen) atoms. The molecule has 0 saturated heterocycles. The number of oxazole rings is 1. The summed E-state index contributed by atoms with van der Waals surface area (Å²) in [5.74, 6) is 1.39. The van der Waals surface area contributed by atoms with Crippen molar-refractivity contribution in [3.8, 4) is 23.0 Å². The van der Waals surface area contributed by atoms with Crippen molar-refractivity contribution < 1.29 is 16.4 Å². The van der Waals surface area contributed by atoms with Gasteiger partial charge < -0.3 is 12.0 Å². The zero-order valence-corrected chi connectivity index (χ0v) is 14.2. The van der Waals surface area contributed by atoms with Crippen LogP contribution in [-0.4, -0.2) is 20.9 Å². The molecule has 4 nitrogen and oxygen atoms in total. The third kappa shape index (κ3) is 3.51. The standard InChI is InChI=1S/C13H9NO2.C6H5FO.Al/c15-11-7-3-1-5-9(11)13-14-10-6-2-4-8-12(10)16-13;7-5-1-3-6(8)4-2-5;/h1-8,15H;1-4,8H;/q;;+2/p-2. The zero-order valence-electron chi connectivity index (χ0n) is 13.1. The van der Waals surface area contributed by atoms with Crippen molar-refractivity contribution in [3.05, 3.63) is 78.6 Å². The van der Waals surface area contributed by atoms with E-state index in [-0.39, 0.29) is 5.82 Å². The van der Waals surface area contributed by atoms with Crippen molar-refractivity contribution in [3.63, 3.8) is 0 Å². The molecule has 1 aromatic heterocycles. The number of para-hydroxylation sites is 3. The van der Waals surface area contributed by atoms with E-state index < -0.39 is 15.9 Å². The molecule has 0 atom stereocenters. The molecule has 3 aromatic carbocycles. The SMILES string of the molecule is Fc1ccc([O][Al][O]c2ccccc2-c2nc3ccccc3o2)cc1. The third-order valence-electron chi connectivity index (χ3n) is 3.58. The fourth-order valence-corrected chi connectivity index (χ4v) is 3.00. The highest BCUT2D eigenvalue weighted by molar-refractivity contribution is 6.21. The Morgan fingerprint density at radius 3 is 2.44 bits per heavy atom. The summed E-state index contributed by atoms with van der Waals surface area (Å²) < 4.78 is 30.1. The summed E-state index contributed by atoms with van der Waals surface area (Å²) in [5, 5.41) is 0. The zero-order chi connectivity index (χ0) is 17.1. The Morgan fingerprint density at radius 1 is 0.840 bits per heavy atom. The smallest absolute Gasteiger partial charge is 0.616 e. The van der Waals surface area contributed by atoms with E-state index in [9.17, 15) is 4.39 Å². The number of hydrogen-bond acceptors (Lipinski definition) is 4. The van der Waals surface area contributed by atoms with Gasteiger partial charge in [0.2, 0.25) is 5.89 Å². The normalized spacial score (nSPS) is 10.6. The lowest BCUT2D eigenvalue weighted by atomic mass is 10.2. The number of halogens is 1. The molecule has 0 unspecified atom stereocenters. The first-order valence-electron chi connectivity index (χ1n) is 7.65. The molecule has 0 amide bonds. The molecule has 0 aliphatic heterocycles. The summed E-state index contributed by atoms with van der Waals surface area (Å²) in [6.45, 7) is 0. The van der Waals surface area contributed by atoms with E-state index >= 15 is 0 Å². The summed E-state index contributed by atoms with van der Waals surface area (Å²) in [6, 6.07) is 20.9. The van der Waals surface area contributed by atoms with Crippen molar-refractivity contribution in [2.45, 2.75) is 0 Å². The van der Waals surface area contributed by atoms with Crippen LogP contribution in [0.5, 0.6) is 11.5 Å². The highest BCUT2D eigenvalue weighted by Gasteiger charge is 2.15. The summed E-state index contributed by atoms with van der Waals surface area (Å²) >= 11 is -0.811. The van der Waals surface area contributed by atoms with Crippen LogP contribution < -0.4 is 7.58 Å². The van der Waals surface area contributed by atoms with Crippen LogP contribution in [0.25, 0.3) is 22.6 Å². The van der Waals surface area contributed by atoms with Crippen molar-refractivity contribution in [2.24, 2.45) is 0 Å². The highest BCUT2D eigenvalue weighted by Crippen LogP contribution is 2.31. The van der Waals surface area contributed by atoms with Crippen LogP contribution in [0.2, 0.25) is 0 Å². The van der Waals surface area contributed by atoms with Crippen LogP contribution in [0.4, 0.5) is 4.39 Å². The first-order valence-corrected chi connectivity index (χ1v) is 8.59. The van der Waals surface area contributed by atoms with Gasteiger partial charge in [0.25, 0.3) is 0 Å². The monoisotopic (exact) mass is 348 g/mol. The minimum Gasteiger partial charge on any atom is -0.616 e. The predicted octanol–water partition coefficient (Wildman–Crippen LogP) is 4.63. The van der Waals surface area contributed by atoms with Crippen LogP contribution >= 0.6 is 0 Å². The Bertz CT molecular complexity index is 968. The molecule has 0 bridgehead atoms. The summed E-state index contributed by atoms with van der Waals surface area (Å²) in [6.07, 6.45) is 0. The Morgan fingerprint density at radius 2 is 1.60 bits per heavy atom. The molecule has 4 rings (SSSR count). The first kappa shape index (κ1) is 15.7. The fraction of sp³-hybridized carbons (Fsp3) is 0. The van der Waals surface area contributed by atoms with E-state index in [0.717, 1.165) is 16.7 Å². The molecule has 0 spiro atoms. The summed E-state index contributed by atoms with van der Waals surface area (Å²) in [4.78, 5) is 4.50. The lowest BCUT2D eigenvalue weighted by Crippen LogP contribution is -2.11. The van der Waals surface area contributed by atoms with Crippen molar-refractivity contribution in [1.29, 1.82) is 0 Å². The Kier molecular flexibility index (Phi) is 4.38. The maximum atomic E-state index is 12.9. The van der Waals surface area contributed by atoms with E-state index in [0.29, 0.717) is 17.4 Å². The maximum absolute atomic E-state index is 12.9. The van der Waals surface area contributed by atoms with Crippen LogP contribution in [-0.2, 0) is 0 Å². The van der Waals surface area contributed by atoms with Gasteiger partial charge in [-0.25, -0.2) is 9.37 Å². The number of rotatable bonds is 5. The number of fused-ring (bicyclic) bond motifs is 1. The molecule has 0 aliphatic rings. The van der Waals surface area contributed by atoms with E-state index in [1.807, 2.05) is 48.5 Å². The van der Waals surface area contributed by atoms with Crippen LogP contribution in [0.1, 0.15) is 0 Å². The quantitative estimate of drug-likeness (QED) is 0.494. The second kappa shape index (κ2) is 6.98. The van der Waals surface area contributed by atoms with Gasteiger partial charge in [-0.15, -0.1) is 0 Å². The average molecular weight is 348 g/mol. The van der Waals surface area contributed by atoms with Gasteiger partial charge in [0.05, 0.1) is 17.1 Å².